The second-order valence-electron chi connectivity index (χ2n) is 2.87. The van der Waals surface area contributed by atoms with Crippen LogP contribution in [0.15, 0.2) is 30.4 Å². The number of aryl methyl sites for hydroxylation is 1. The van der Waals surface area contributed by atoms with E-state index in [9.17, 15) is 0 Å². The lowest BCUT2D eigenvalue weighted by Crippen LogP contribution is -1.95. The van der Waals surface area contributed by atoms with Crippen LogP contribution in [0.4, 0.5) is 0 Å². The van der Waals surface area contributed by atoms with Crippen molar-refractivity contribution in [2.75, 3.05) is 12.4 Å². The zero-order valence-corrected chi connectivity index (χ0v) is 9.68. The average Bonchev–Trinajstić information content (AvgIpc) is 2.15. The summed E-state index contributed by atoms with van der Waals surface area (Å²) >= 11 is 9.88. The lowest BCUT2D eigenvalue weighted by atomic mass is 10.2. The SMILES string of the molecule is Cc1cc(Cl)ccc1OCC=CCS. The van der Waals surface area contributed by atoms with Gasteiger partial charge < -0.3 is 4.74 Å². The summed E-state index contributed by atoms with van der Waals surface area (Å²) in [6, 6.07) is 5.59. The zero-order chi connectivity index (χ0) is 10.4. The lowest BCUT2D eigenvalue weighted by Gasteiger charge is -2.06. The van der Waals surface area contributed by atoms with Gasteiger partial charge in [-0.25, -0.2) is 0 Å². The fourth-order valence-corrected chi connectivity index (χ4v) is 1.43. The quantitative estimate of drug-likeness (QED) is 0.613. The molecule has 0 aromatic heterocycles. The second kappa shape index (κ2) is 5.99. The van der Waals surface area contributed by atoms with E-state index in [0.29, 0.717) is 6.61 Å². The Morgan fingerprint density at radius 3 is 2.86 bits per heavy atom. The number of hydrogen-bond acceptors (Lipinski definition) is 2. The largest absolute Gasteiger partial charge is 0.489 e. The first-order chi connectivity index (χ1) is 6.74. The van der Waals surface area contributed by atoms with Gasteiger partial charge in [0.15, 0.2) is 0 Å². The Morgan fingerprint density at radius 1 is 1.43 bits per heavy atom. The minimum atomic E-state index is 0.572. The number of benzene rings is 1. The third-order valence-corrected chi connectivity index (χ3v) is 2.19. The molecule has 0 saturated heterocycles. The Labute approximate surface area is 95.1 Å². The number of thiol groups is 1. The molecule has 0 unspecified atom stereocenters. The predicted molar refractivity (Wildman–Crippen MR) is 64.7 cm³/mol. The molecule has 0 fully saturated rings. The monoisotopic (exact) mass is 228 g/mol. The number of hydrogen-bond donors (Lipinski definition) is 1. The normalized spacial score (nSPS) is 10.8. The van der Waals surface area contributed by atoms with Crippen molar-refractivity contribution in [3.05, 3.63) is 40.9 Å². The molecule has 3 heteroatoms. The first-order valence-corrected chi connectivity index (χ1v) is 5.40. The molecule has 0 aliphatic heterocycles. The van der Waals surface area contributed by atoms with Gasteiger partial charge in [-0.3, -0.25) is 0 Å². The van der Waals surface area contributed by atoms with Crippen LogP contribution in [0.25, 0.3) is 0 Å². The average molecular weight is 229 g/mol. The molecule has 0 radical (unpaired) electrons. The maximum absolute atomic E-state index is 5.82. The minimum Gasteiger partial charge on any atom is -0.489 e. The number of rotatable bonds is 4. The first kappa shape index (κ1) is 11.5. The molecule has 0 bridgehead atoms. The van der Waals surface area contributed by atoms with E-state index in [1.807, 2.05) is 37.3 Å². The van der Waals surface area contributed by atoms with Gasteiger partial charge in [-0.15, -0.1) is 0 Å². The summed E-state index contributed by atoms with van der Waals surface area (Å²) in [6.07, 6.45) is 3.90. The van der Waals surface area contributed by atoms with Gasteiger partial charge in [0, 0.05) is 10.8 Å². The Bertz CT molecular complexity index is 323. The van der Waals surface area contributed by atoms with Crippen molar-refractivity contribution >= 4 is 24.2 Å². The smallest absolute Gasteiger partial charge is 0.122 e. The third kappa shape index (κ3) is 3.64. The van der Waals surface area contributed by atoms with E-state index in [2.05, 4.69) is 12.6 Å². The van der Waals surface area contributed by atoms with Gasteiger partial charge in [-0.2, -0.15) is 12.6 Å². The van der Waals surface area contributed by atoms with Gasteiger partial charge in [-0.05, 0) is 30.7 Å². The maximum atomic E-state index is 5.82. The van der Waals surface area contributed by atoms with Gasteiger partial charge in [0.05, 0.1) is 0 Å². The second-order valence-corrected chi connectivity index (χ2v) is 3.68. The van der Waals surface area contributed by atoms with Crippen molar-refractivity contribution in [3.8, 4) is 5.75 Å². The molecule has 0 heterocycles. The van der Waals surface area contributed by atoms with Crippen LogP contribution in [-0.4, -0.2) is 12.4 Å². The van der Waals surface area contributed by atoms with E-state index >= 15 is 0 Å². The highest BCUT2D eigenvalue weighted by molar-refractivity contribution is 7.80. The number of halogens is 1. The Morgan fingerprint density at radius 2 is 2.21 bits per heavy atom. The van der Waals surface area contributed by atoms with Crippen LogP contribution in [-0.2, 0) is 0 Å². The molecule has 0 aliphatic carbocycles. The predicted octanol–water partition coefficient (Wildman–Crippen LogP) is 3.51. The topological polar surface area (TPSA) is 9.23 Å². The summed E-state index contributed by atoms with van der Waals surface area (Å²) in [6.45, 7) is 2.55. The molecule has 0 amide bonds. The molecule has 0 spiro atoms. The lowest BCUT2D eigenvalue weighted by molar-refractivity contribution is 0.360. The van der Waals surface area contributed by atoms with Crippen molar-refractivity contribution in [1.82, 2.24) is 0 Å². The van der Waals surface area contributed by atoms with Gasteiger partial charge >= 0.3 is 0 Å². The summed E-state index contributed by atoms with van der Waals surface area (Å²) in [7, 11) is 0. The van der Waals surface area contributed by atoms with Crippen molar-refractivity contribution in [2.24, 2.45) is 0 Å². The summed E-state index contributed by atoms with van der Waals surface area (Å²) in [5.74, 6) is 1.61. The van der Waals surface area contributed by atoms with Crippen molar-refractivity contribution in [2.45, 2.75) is 6.92 Å². The molecule has 76 valence electrons. The Kier molecular flexibility index (Phi) is 4.91. The van der Waals surface area contributed by atoms with Crippen LogP contribution < -0.4 is 4.74 Å². The van der Waals surface area contributed by atoms with Crippen LogP contribution in [0.3, 0.4) is 0 Å². The van der Waals surface area contributed by atoms with E-state index < -0.39 is 0 Å². The van der Waals surface area contributed by atoms with Gasteiger partial charge in [0.2, 0.25) is 0 Å². The van der Waals surface area contributed by atoms with Crippen molar-refractivity contribution in [3.63, 3.8) is 0 Å². The fraction of sp³-hybridized carbons (Fsp3) is 0.273. The highest BCUT2D eigenvalue weighted by Crippen LogP contribution is 2.21. The minimum absolute atomic E-state index is 0.572. The van der Waals surface area contributed by atoms with E-state index in [-0.39, 0.29) is 0 Å². The Hall–Kier alpha value is -0.600. The molecular weight excluding hydrogens is 216 g/mol. The Balaban J connectivity index is 2.55. The molecule has 1 rings (SSSR count). The first-order valence-electron chi connectivity index (χ1n) is 4.39. The van der Waals surface area contributed by atoms with Crippen LogP contribution in [0, 0.1) is 6.92 Å². The van der Waals surface area contributed by atoms with Crippen LogP contribution >= 0.6 is 24.2 Å². The van der Waals surface area contributed by atoms with E-state index in [1.165, 1.54) is 0 Å². The van der Waals surface area contributed by atoms with Gasteiger partial charge in [-0.1, -0.05) is 23.8 Å². The van der Waals surface area contributed by atoms with Gasteiger partial charge in [0.1, 0.15) is 12.4 Å². The maximum Gasteiger partial charge on any atom is 0.122 e. The summed E-state index contributed by atoms with van der Waals surface area (Å²) in [5.41, 5.74) is 1.05. The van der Waals surface area contributed by atoms with Crippen LogP contribution in [0.5, 0.6) is 5.75 Å². The fourth-order valence-electron chi connectivity index (χ4n) is 1.06. The standard InChI is InChI=1S/C11H13ClOS/c1-9-8-10(12)4-5-11(9)13-6-2-3-7-14/h2-5,8,14H,6-7H2,1H3. The summed E-state index contributed by atoms with van der Waals surface area (Å²) in [4.78, 5) is 0. The van der Waals surface area contributed by atoms with E-state index in [4.69, 9.17) is 16.3 Å². The third-order valence-electron chi connectivity index (χ3n) is 1.74. The van der Waals surface area contributed by atoms with E-state index in [0.717, 1.165) is 22.1 Å². The molecule has 14 heavy (non-hydrogen) atoms. The highest BCUT2D eigenvalue weighted by Gasteiger charge is 1.98. The van der Waals surface area contributed by atoms with Crippen LogP contribution in [0.2, 0.25) is 5.02 Å². The summed E-state index contributed by atoms with van der Waals surface area (Å²) in [5, 5.41) is 0.737. The molecule has 1 aromatic carbocycles. The zero-order valence-electron chi connectivity index (χ0n) is 8.03. The molecular formula is C11H13ClOS. The molecule has 0 atom stereocenters. The molecule has 0 N–H and O–H groups in total. The highest BCUT2D eigenvalue weighted by atomic mass is 35.5. The van der Waals surface area contributed by atoms with E-state index in [1.54, 1.807) is 0 Å². The molecule has 0 saturated carbocycles. The molecule has 1 nitrogen and oxygen atoms in total. The van der Waals surface area contributed by atoms with Crippen molar-refractivity contribution in [1.29, 1.82) is 0 Å². The molecule has 1 aromatic rings. The van der Waals surface area contributed by atoms with Crippen LogP contribution in [0.1, 0.15) is 5.56 Å². The van der Waals surface area contributed by atoms with Crippen molar-refractivity contribution < 1.29 is 4.74 Å². The molecule has 0 aliphatic rings. The number of ether oxygens (including phenoxy) is 1. The summed E-state index contributed by atoms with van der Waals surface area (Å²) < 4.78 is 5.51. The van der Waals surface area contributed by atoms with Gasteiger partial charge in [0.25, 0.3) is 0 Å².